The lowest BCUT2D eigenvalue weighted by atomic mass is 9.72. The molecule has 0 radical (unpaired) electrons. The lowest BCUT2D eigenvalue weighted by Crippen LogP contribution is -2.03. The molecule has 0 saturated carbocycles. The van der Waals surface area contributed by atoms with Gasteiger partial charge in [-0.3, -0.25) is 0 Å². The van der Waals surface area contributed by atoms with Crippen molar-refractivity contribution in [1.82, 2.24) is 0 Å². The molecule has 0 fully saturated rings. The van der Waals surface area contributed by atoms with Gasteiger partial charge in [-0.15, -0.1) is 0 Å². The summed E-state index contributed by atoms with van der Waals surface area (Å²) < 4.78 is 0. The second kappa shape index (κ2) is 22.2. The summed E-state index contributed by atoms with van der Waals surface area (Å²) in [7, 11) is 0. The quantitative estimate of drug-likeness (QED) is 0.114. The highest BCUT2D eigenvalue weighted by atomic mass is 14.4. The summed E-state index contributed by atoms with van der Waals surface area (Å²) in [6.07, 6.45) is 0. The van der Waals surface area contributed by atoms with Crippen molar-refractivity contribution in [2.45, 2.75) is 0 Å². The van der Waals surface area contributed by atoms with Crippen molar-refractivity contribution >= 4 is 10.8 Å². The Morgan fingerprint density at radius 2 is 0.220 bits per heavy atom. The Bertz CT molecular complexity index is 4000. The molecule has 0 aliphatic heterocycles. The predicted molar refractivity (Wildman–Crippen MR) is 349 cm³/mol. The first-order valence-corrected chi connectivity index (χ1v) is 28.3. The van der Waals surface area contributed by atoms with Crippen LogP contribution in [-0.2, 0) is 0 Å². The van der Waals surface area contributed by atoms with E-state index in [4.69, 9.17) is 0 Å². The van der Waals surface area contributed by atoms with Crippen LogP contribution in [0.1, 0.15) is 0 Å². The molecule has 0 nitrogen and oxygen atoms in total. The van der Waals surface area contributed by atoms with E-state index in [0.29, 0.717) is 0 Å². The Morgan fingerprint density at radius 1 is 0.0976 bits per heavy atom. The SMILES string of the molecule is c1ccc(-c2c(-c3ccccc3)c(-c3ccccc3)c(-c3ccc(-c4c(-c5ccccc5)c(-c5ccccc5)c(-c5ccccc5)c(-c5ccccc5)c4-c4ccccc4)c4ccccc34)c(-c3ccccc3)c2-c2ccccc2)cc1. The summed E-state index contributed by atoms with van der Waals surface area (Å²) in [6.45, 7) is 0. The fourth-order valence-corrected chi connectivity index (χ4v) is 12.7. The van der Waals surface area contributed by atoms with Crippen LogP contribution in [-0.4, -0.2) is 0 Å². The zero-order valence-corrected chi connectivity index (χ0v) is 45.3. The smallest absolute Gasteiger partial charge is 0.000763 e. The van der Waals surface area contributed by atoms with E-state index in [1.165, 1.54) is 66.8 Å². The van der Waals surface area contributed by atoms with E-state index in [9.17, 15) is 0 Å². The Balaban J connectivity index is 1.22. The molecular weight excluding hydrogens is 985 g/mol. The van der Waals surface area contributed by atoms with Crippen molar-refractivity contribution in [3.05, 3.63) is 340 Å². The maximum absolute atomic E-state index is 2.46. The molecule has 0 saturated heterocycles. The highest BCUT2D eigenvalue weighted by molar-refractivity contribution is 6.22. The molecule has 0 spiro atoms. The maximum Gasteiger partial charge on any atom is -0.000763 e. The Labute approximate surface area is 481 Å². The molecule has 0 heteroatoms. The molecule has 14 rings (SSSR count). The molecule has 0 unspecified atom stereocenters. The monoisotopic (exact) mass is 1040 g/mol. The molecule has 0 aliphatic carbocycles. The molecule has 82 heavy (non-hydrogen) atoms. The summed E-state index contributed by atoms with van der Waals surface area (Å²) in [4.78, 5) is 0. The van der Waals surface area contributed by atoms with Crippen LogP contribution in [0.5, 0.6) is 0 Å². The first-order valence-electron chi connectivity index (χ1n) is 28.3. The number of fused-ring (bicyclic) bond motifs is 1. The topological polar surface area (TPSA) is 0 Å². The van der Waals surface area contributed by atoms with Gasteiger partial charge in [0, 0.05) is 0 Å². The Morgan fingerprint density at radius 3 is 0.366 bits per heavy atom. The minimum Gasteiger partial charge on any atom is -0.0622 e. The minimum atomic E-state index is 1.15. The third kappa shape index (κ3) is 9.03. The molecular formula is C82H56. The van der Waals surface area contributed by atoms with Gasteiger partial charge >= 0.3 is 0 Å². The van der Waals surface area contributed by atoms with E-state index in [0.717, 1.165) is 77.5 Å². The number of rotatable bonds is 12. The number of hydrogen-bond donors (Lipinski definition) is 0. The molecule has 0 atom stereocenters. The summed E-state index contributed by atoms with van der Waals surface area (Å²) in [5, 5.41) is 2.32. The summed E-state index contributed by atoms with van der Waals surface area (Å²) >= 11 is 0. The third-order valence-electron chi connectivity index (χ3n) is 16.1. The molecule has 0 aromatic heterocycles. The van der Waals surface area contributed by atoms with E-state index >= 15 is 0 Å². The van der Waals surface area contributed by atoms with Crippen molar-refractivity contribution in [3.8, 4) is 134 Å². The fraction of sp³-hybridized carbons (Fsp3) is 0. The molecule has 0 heterocycles. The van der Waals surface area contributed by atoms with Crippen LogP contribution in [0, 0.1) is 0 Å². The highest BCUT2D eigenvalue weighted by Gasteiger charge is 2.33. The van der Waals surface area contributed by atoms with E-state index < -0.39 is 0 Å². The zero-order chi connectivity index (χ0) is 54.6. The zero-order valence-electron chi connectivity index (χ0n) is 45.3. The molecule has 0 amide bonds. The largest absolute Gasteiger partial charge is 0.0622 e. The predicted octanol–water partition coefficient (Wildman–Crippen LogP) is 22.8. The second-order valence-corrected chi connectivity index (χ2v) is 20.9. The highest BCUT2D eigenvalue weighted by Crippen LogP contribution is 2.60. The van der Waals surface area contributed by atoms with Gasteiger partial charge in [-0.05, 0) is 144 Å². The second-order valence-electron chi connectivity index (χ2n) is 20.9. The summed E-state index contributed by atoms with van der Waals surface area (Å²) in [5.74, 6) is 0. The van der Waals surface area contributed by atoms with Gasteiger partial charge in [-0.2, -0.15) is 0 Å². The van der Waals surface area contributed by atoms with Gasteiger partial charge in [0.2, 0.25) is 0 Å². The normalized spacial score (nSPS) is 11.2. The lowest BCUT2D eigenvalue weighted by Gasteiger charge is -2.30. The standard InChI is InChI=1S/C82H56/c1-11-33-57(34-12-1)71-73(59-37-15-3-16-38-59)77(63-45-23-7-24-46-63)81(78(64-47-25-8-26-48-64)74(71)60-39-17-4-18-40-60)69-55-56-70(68-54-32-31-53-67(68)69)82-79(65-49-27-9-28-50-65)75(61-41-19-5-20-42-61)72(58-35-13-2-14-36-58)76(62-43-21-6-22-44-62)80(82)66-51-29-10-30-52-66/h1-56H. The number of hydrogen-bond acceptors (Lipinski definition) is 0. The van der Waals surface area contributed by atoms with E-state index in [2.05, 4.69) is 340 Å². The minimum absolute atomic E-state index is 1.15. The van der Waals surface area contributed by atoms with Crippen molar-refractivity contribution in [2.24, 2.45) is 0 Å². The van der Waals surface area contributed by atoms with Crippen LogP contribution >= 0.6 is 0 Å². The van der Waals surface area contributed by atoms with Crippen LogP contribution in [0.2, 0.25) is 0 Å². The van der Waals surface area contributed by atoms with Crippen LogP contribution in [0.3, 0.4) is 0 Å². The van der Waals surface area contributed by atoms with E-state index in [-0.39, 0.29) is 0 Å². The van der Waals surface area contributed by atoms with E-state index in [1.54, 1.807) is 0 Å². The Hall–Kier alpha value is -10.7. The number of benzene rings is 14. The molecule has 14 aromatic carbocycles. The van der Waals surface area contributed by atoms with Gasteiger partial charge in [0.15, 0.2) is 0 Å². The fourth-order valence-electron chi connectivity index (χ4n) is 12.7. The van der Waals surface area contributed by atoms with Crippen LogP contribution in [0.25, 0.3) is 144 Å². The molecule has 14 aromatic rings. The molecule has 0 aliphatic rings. The molecule has 384 valence electrons. The van der Waals surface area contributed by atoms with Crippen molar-refractivity contribution in [3.63, 3.8) is 0 Å². The van der Waals surface area contributed by atoms with Crippen LogP contribution < -0.4 is 0 Å². The average molecular weight is 1040 g/mol. The van der Waals surface area contributed by atoms with Gasteiger partial charge in [0.1, 0.15) is 0 Å². The summed E-state index contributed by atoms with van der Waals surface area (Å²) in [5.41, 5.74) is 28.1. The average Bonchev–Trinajstić information content (AvgIpc) is 2.66. The van der Waals surface area contributed by atoms with E-state index in [1.807, 2.05) is 0 Å². The van der Waals surface area contributed by atoms with Crippen LogP contribution in [0.4, 0.5) is 0 Å². The first-order chi connectivity index (χ1) is 40.8. The maximum atomic E-state index is 2.46. The van der Waals surface area contributed by atoms with Crippen molar-refractivity contribution in [1.29, 1.82) is 0 Å². The molecule has 0 N–H and O–H groups in total. The first kappa shape index (κ1) is 49.6. The van der Waals surface area contributed by atoms with Gasteiger partial charge in [0.25, 0.3) is 0 Å². The van der Waals surface area contributed by atoms with Gasteiger partial charge in [-0.25, -0.2) is 0 Å². The third-order valence-corrected chi connectivity index (χ3v) is 16.1. The van der Waals surface area contributed by atoms with Gasteiger partial charge in [-0.1, -0.05) is 340 Å². The molecule has 0 bridgehead atoms. The Kier molecular flexibility index (Phi) is 13.5. The van der Waals surface area contributed by atoms with Gasteiger partial charge < -0.3 is 0 Å². The van der Waals surface area contributed by atoms with Crippen molar-refractivity contribution in [2.75, 3.05) is 0 Å². The van der Waals surface area contributed by atoms with Crippen LogP contribution in [0.15, 0.2) is 340 Å². The van der Waals surface area contributed by atoms with Crippen molar-refractivity contribution < 1.29 is 0 Å². The summed E-state index contributed by atoms with van der Waals surface area (Å²) in [6, 6.07) is 125. The van der Waals surface area contributed by atoms with Gasteiger partial charge in [0.05, 0.1) is 0 Å². The lowest BCUT2D eigenvalue weighted by molar-refractivity contribution is 1.51.